The summed E-state index contributed by atoms with van der Waals surface area (Å²) >= 11 is 9.60. The van der Waals surface area contributed by atoms with Gasteiger partial charge in [0.15, 0.2) is 0 Å². The van der Waals surface area contributed by atoms with Crippen molar-refractivity contribution in [3.05, 3.63) is 99.5 Å². The number of anilines is 1. The molecule has 1 unspecified atom stereocenters. The van der Waals surface area contributed by atoms with Crippen molar-refractivity contribution >= 4 is 55.1 Å². The third kappa shape index (κ3) is 9.37. The molecule has 1 atom stereocenters. The first-order valence-corrected chi connectivity index (χ1v) is 15.7. The van der Waals surface area contributed by atoms with E-state index in [1.54, 1.807) is 42.5 Å². The van der Waals surface area contributed by atoms with Gasteiger partial charge in [0.05, 0.1) is 11.9 Å². The number of nitrogens with one attached hydrogen (secondary N) is 1. The molecule has 0 fully saturated rings. The zero-order valence-corrected chi connectivity index (χ0v) is 25.2. The number of carbonyl (C=O) groups excluding carboxylic acids is 2. The first-order chi connectivity index (χ1) is 18.6. The highest BCUT2D eigenvalue weighted by Gasteiger charge is 2.33. The van der Waals surface area contributed by atoms with Gasteiger partial charge < -0.3 is 10.2 Å². The molecule has 2 amide bonds. The van der Waals surface area contributed by atoms with Gasteiger partial charge in [0.25, 0.3) is 0 Å². The number of hydrogen-bond donors (Lipinski definition) is 1. The molecule has 3 rings (SSSR count). The summed E-state index contributed by atoms with van der Waals surface area (Å²) in [5.41, 5.74) is 1.95. The molecular formula is C29H33BrClN3O4S. The Balaban J connectivity index is 2.03. The Kier molecular flexibility index (Phi) is 11.4. The molecule has 0 aliphatic rings. The van der Waals surface area contributed by atoms with Gasteiger partial charge in [0.2, 0.25) is 21.8 Å². The number of nitrogens with zero attached hydrogens (tertiary/aromatic N) is 2. The minimum atomic E-state index is -3.82. The Morgan fingerprint density at radius 2 is 1.67 bits per heavy atom. The van der Waals surface area contributed by atoms with E-state index in [0.29, 0.717) is 21.7 Å². The fourth-order valence-electron chi connectivity index (χ4n) is 4.14. The lowest BCUT2D eigenvalue weighted by atomic mass is 10.0. The van der Waals surface area contributed by atoms with Crippen molar-refractivity contribution < 1.29 is 18.0 Å². The number of sulfonamides is 1. The summed E-state index contributed by atoms with van der Waals surface area (Å²) in [6.07, 6.45) is 3.03. The average molecular weight is 635 g/mol. The number of halogens is 2. The lowest BCUT2D eigenvalue weighted by Gasteiger charge is -2.33. The normalized spacial score (nSPS) is 12.0. The fourth-order valence-corrected chi connectivity index (χ4v) is 5.58. The molecule has 3 aromatic carbocycles. The fraction of sp³-hybridized carbons (Fsp3) is 0.310. The maximum absolute atomic E-state index is 14.0. The molecule has 0 saturated heterocycles. The molecule has 39 heavy (non-hydrogen) atoms. The maximum Gasteiger partial charge on any atom is 0.244 e. The van der Waals surface area contributed by atoms with E-state index < -0.39 is 28.5 Å². The summed E-state index contributed by atoms with van der Waals surface area (Å²) < 4.78 is 27.4. The molecule has 0 aromatic heterocycles. The van der Waals surface area contributed by atoms with Gasteiger partial charge >= 0.3 is 0 Å². The first-order valence-electron chi connectivity index (χ1n) is 12.7. The van der Waals surface area contributed by atoms with Crippen molar-refractivity contribution in [2.24, 2.45) is 0 Å². The van der Waals surface area contributed by atoms with E-state index in [-0.39, 0.29) is 18.9 Å². The van der Waals surface area contributed by atoms with E-state index in [9.17, 15) is 18.0 Å². The Morgan fingerprint density at radius 3 is 2.31 bits per heavy atom. The van der Waals surface area contributed by atoms with E-state index in [4.69, 9.17) is 11.6 Å². The Morgan fingerprint density at radius 1 is 0.974 bits per heavy atom. The second-order valence-electron chi connectivity index (χ2n) is 9.25. The van der Waals surface area contributed by atoms with Crippen LogP contribution in [0.15, 0.2) is 83.3 Å². The average Bonchev–Trinajstić information content (AvgIpc) is 2.89. The van der Waals surface area contributed by atoms with Crippen LogP contribution in [0, 0.1) is 0 Å². The van der Waals surface area contributed by atoms with Crippen molar-refractivity contribution in [1.29, 1.82) is 0 Å². The molecule has 3 aromatic rings. The van der Waals surface area contributed by atoms with Gasteiger partial charge in [0, 0.05) is 29.0 Å². The van der Waals surface area contributed by atoms with Gasteiger partial charge in [-0.05, 0) is 47.9 Å². The Labute approximate surface area is 244 Å². The molecular weight excluding hydrogens is 602 g/mol. The van der Waals surface area contributed by atoms with Gasteiger partial charge in [-0.2, -0.15) is 0 Å². The van der Waals surface area contributed by atoms with Crippen molar-refractivity contribution in [3.63, 3.8) is 0 Å². The van der Waals surface area contributed by atoms with Crippen molar-refractivity contribution in [3.8, 4) is 0 Å². The van der Waals surface area contributed by atoms with Crippen LogP contribution in [0.2, 0.25) is 5.02 Å². The van der Waals surface area contributed by atoms with Gasteiger partial charge in [-0.25, -0.2) is 8.42 Å². The molecule has 7 nitrogen and oxygen atoms in total. The van der Waals surface area contributed by atoms with E-state index in [2.05, 4.69) is 21.2 Å². The molecule has 0 radical (unpaired) electrons. The monoisotopic (exact) mass is 633 g/mol. The van der Waals surface area contributed by atoms with Crippen LogP contribution in [0.1, 0.15) is 30.9 Å². The second-order valence-corrected chi connectivity index (χ2v) is 12.5. The summed E-state index contributed by atoms with van der Waals surface area (Å²) in [5, 5.41) is 3.46. The van der Waals surface area contributed by atoms with Crippen molar-refractivity contribution in [2.45, 2.75) is 38.8 Å². The molecule has 1 N–H and O–H groups in total. The summed E-state index contributed by atoms with van der Waals surface area (Å²) in [6, 6.07) is 22.4. The number of benzene rings is 3. The zero-order chi connectivity index (χ0) is 28.4. The predicted octanol–water partition coefficient (Wildman–Crippen LogP) is 5.42. The van der Waals surface area contributed by atoms with E-state index in [1.165, 1.54) is 4.90 Å². The van der Waals surface area contributed by atoms with Gasteiger partial charge in [0.1, 0.15) is 12.6 Å². The highest BCUT2D eigenvalue weighted by atomic mass is 79.9. The minimum absolute atomic E-state index is 0.0776. The lowest BCUT2D eigenvalue weighted by molar-refractivity contribution is -0.140. The van der Waals surface area contributed by atoms with Gasteiger partial charge in [-0.15, -0.1) is 0 Å². The number of carbonyl (C=O) groups is 2. The van der Waals surface area contributed by atoms with Gasteiger partial charge in [-0.3, -0.25) is 13.9 Å². The molecule has 0 spiro atoms. The van der Waals surface area contributed by atoms with Crippen molar-refractivity contribution in [1.82, 2.24) is 10.2 Å². The second kappa shape index (κ2) is 14.5. The summed E-state index contributed by atoms with van der Waals surface area (Å²) in [7, 11) is -3.82. The summed E-state index contributed by atoms with van der Waals surface area (Å²) in [6.45, 7) is 2.12. The van der Waals surface area contributed by atoms with Crippen LogP contribution in [0.25, 0.3) is 0 Å². The first kappa shape index (κ1) is 30.7. The molecule has 10 heteroatoms. The minimum Gasteiger partial charge on any atom is -0.354 e. The summed E-state index contributed by atoms with van der Waals surface area (Å²) in [4.78, 5) is 29.0. The number of amides is 2. The molecule has 0 aliphatic heterocycles. The third-order valence-corrected chi connectivity index (χ3v) is 7.99. The van der Waals surface area contributed by atoms with Gasteiger partial charge in [-0.1, -0.05) is 89.4 Å². The maximum atomic E-state index is 14.0. The lowest BCUT2D eigenvalue weighted by Crippen LogP contribution is -2.53. The topological polar surface area (TPSA) is 86.8 Å². The molecule has 0 heterocycles. The van der Waals surface area contributed by atoms with E-state index in [0.717, 1.165) is 34.5 Å². The number of rotatable bonds is 13. The summed E-state index contributed by atoms with van der Waals surface area (Å²) in [5.74, 6) is -0.803. The van der Waals surface area contributed by atoms with Crippen LogP contribution in [0.5, 0.6) is 0 Å². The molecule has 0 aliphatic carbocycles. The van der Waals surface area contributed by atoms with Crippen LogP contribution in [-0.2, 0) is 32.6 Å². The molecule has 208 valence electrons. The van der Waals surface area contributed by atoms with Crippen LogP contribution in [0.4, 0.5) is 5.69 Å². The van der Waals surface area contributed by atoms with E-state index >= 15 is 0 Å². The smallest absolute Gasteiger partial charge is 0.244 e. The molecule has 0 bridgehead atoms. The van der Waals surface area contributed by atoms with Crippen LogP contribution in [-0.4, -0.2) is 50.5 Å². The Hall–Kier alpha value is -2.88. The Bertz CT molecular complexity index is 1370. The van der Waals surface area contributed by atoms with Crippen LogP contribution < -0.4 is 9.62 Å². The number of unbranched alkanes of at least 4 members (excludes halogenated alkanes) is 1. The highest BCUT2D eigenvalue weighted by molar-refractivity contribution is 9.10. The van der Waals surface area contributed by atoms with Crippen LogP contribution >= 0.6 is 27.5 Å². The SMILES string of the molecule is CCCCNC(=O)C(Cc1ccccc1)N(Cc1cccc(Cl)c1)C(=O)CN(c1cccc(Br)c1)S(C)(=O)=O. The standard InChI is InChI=1S/C29H33BrClN3O4S/c1-3-4-16-32-29(36)27(18-22-10-6-5-7-11-22)33(20-23-12-8-14-25(31)17-23)28(35)21-34(39(2,37)38)26-15-9-13-24(30)19-26/h5-15,17,19,27H,3-4,16,18,20-21H2,1-2H3,(H,32,36). The molecule has 0 saturated carbocycles. The highest BCUT2D eigenvalue weighted by Crippen LogP contribution is 2.24. The van der Waals surface area contributed by atoms with Crippen molar-refractivity contribution in [2.75, 3.05) is 23.7 Å². The largest absolute Gasteiger partial charge is 0.354 e. The van der Waals surface area contributed by atoms with E-state index in [1.807, 2.05) is 43.3 Å². The van der Waals surface area contributed by atoms with Crippen LogP contribution in [0.3, 0.4) is 0 Å². The number of hydrogen-bond acceptors (Lipinski definition) is 4. The quantitative estimate of drug-likeness (QED) is 0.254. The third-order valence-electron chi connectivity index (χ3n) is 6.12. The zero-order valence-electron chi connectivity index (χ0n) is 22.0. The predicted molar refractivity (Wildman–Crippen MR) is 160 cm³/mol.